The number of nitrogens with zero attached hydrogens (tertiary/aromatic N) is 2. The van der Waals surface area contributed by atoms with Gasteiger partial charge in [-0.1, -0.05) is 12.1 Å². The Kier molecular flexibility index (Phi) is 5.47. The predicted octanol–water partition coefficient (Wildman–Crippen LogP) is 3.02. The minimum Gasteiger partial charge on any atom is -0.496 e. The van der Waals surface area contributed by atoms with E-state index in [0.29, 0.717) is 30.1 Å². The summed E-state index contributed by atoms with van der Waals surface area (Å²) in [5, 5.41) is 13.0. The van der Waals surface area contributed by atoms with Crippen molar-refractivity contribution in [2.75, 3.05) is 19.0 Å². The number of hydrogen-bond acceptors (Lipinski definition) is 5. The van der Waals surface area contributed by atoms with Crippen molar-refractivity contribution in [3.05, 3.63) is 45.3 Å². The lowest BCUT2D eigenvalue weighted by molar-refractivity contribution is -0.129. The van der Waals surface area contributed by atoms with Crippen molar-refractivity contribution in [1.29, 1.82) is 5.26 Å². The van der Waals surface area contributed by atoms with Gasteiger partial charge < -0.3 is 15.0 Å². The second kappa shape index (κ2) is 7.80. The van der Waals surface area contributed by atoms with Crippen molar-refractivity contribution in [2.45, 2.75) is 33.2 Å². The molecule has 1 aliphatic rings. The highest BCUT2D eigenvalue weighted by Gasteiger charge is 2.26. The van der Waals surface area contributed by atoms with Crippen LogP contribution in [0, 0.1) is 18.3 Å². The predicted molar refractivity (Wildman–Crippen MR) is 104 cm³/mol. The van der Waals surface area contributed by atoms with Gasteiger partial charge in [0.25, 0.3) is 0 Å². The van der Waals surface area contributed by atoms with Crippen LogP contribution in [0.15, 0.2) is 18.2 Å². The number of carbonyl (C=O) groups excluding carboxylic acids is 2. The summed E-state index contributed by atoms with van der Waals surface area (Å²) in [6.45, 7) is 4.58. The second-order valence-electron chi connectivity index (χ2n) is 6.54. The van der Waals surface area contributed by atoms with E-state index in [-0.39, 0.29) is 18.2 Å². The van der Waals surface area contributed by atoms with Crippen LogP contribution in [0.4, 0.5) is 5.00 Å². The summed E-state index contributed by atoms with van der Waals surface area (Å²) < 4.78 is 5.24. The first-order chi connectivity index (χ1) is 12.9. The second-order valence-corrected chi connectivity index (χ2v) is 7.64. The molecule has 1 aromatic heterocycles. The molecule has 2 aromatic rings. The van der Waals surface area contributed by atoms with Crippen molar-refractivity contribution < 1.29 is 14.3 Å². The van der Waals surface area contributed by atoms with E-state index in [9.17, 15) is 14.9 Å². The van der Waals surface area contributed by atoms with Crippen LogP contribution in [0.25, 0.3) is 0 Å². The molecule has 2 amide bonds. The number of nitriles is 1. The largest absolute Gasteiger partial charge is 0.496 e. The van der Waals surface area contributed by atoms with E-state index in [1.807, 2.05) is 25.1 Å². The first-order valence-electron chi connectivity index (χ1n) is 8.66. The highest BCUT2D eigenvalue weighted by Crippen LogP contribution is 2.36. The summed E-state index contributed by atoms with van der Waals surface area (Å²) >= 11 is 1.39. The summed E-state index contributed by atoms with van der Waals surface area (Å²) in [4.78, 5) is 26.8. The van der Waals surface area contributed by atoms with E-state index in [2.05, 4.69) is 11.4 Å². The lowest BCUT2D eigenvalue weighted by atomic mass is 10.0. The first kappa shape index (κ1) is 18.9. The Morgan fingerprint density at radius 3 is 2.81 bits per heavy atom. The molecule has 2 heterocycles. The minimum absolute atomic E-state index is 0.0213. The molecule has 3 rings (SSSR count). The smallest absolute Gasteiger partial charge is 0.229 e. The van der Waals surface area contributed by atoms with E-state index in [4.69, 9.17) is 4.74 Å². The van der Waals surface area contributed by atoms with Gasteiger partial charge in [0.1, 0.15) is 16.8 Å². The number of anilines is 1. The molecule has 0 unspecified atom stereocenters. The number of ether oxygens (including phenoxy) is 1. The minimum atomic E-state index is -0.168. The molecule has 1 aliphatic heterocycles. The lowest BCUT2D eigenvalue weighted by Gasteiger charge is -2.25. The number of nitrogens with one attached hydrogen (secondary N) is 1. The molecule has 0 atom stereocenters. The van der Waals surface area contributed by atoms with Crippen LogP contribution in [0.1, 0.15) is 34.1 Å². The van der Waals surface area contributed by atoms with E-state index in [1.54, 1.807) is 18.9 Å². The number of benzene rings is 1. The highest BCUT2D eigenvalue weighted by molar-refractivity contribution is 7.16. The normalized spacial score (nSPS) is 12.9. The fourth-order valence-corrected chi connectivity index (χ4v) is 4.52. The van der Waals surface area contributed by atoms with Gasteiger partial charge in [0, 0.05) is 18.3 Å². The Hall–Kier alpha value is -2.85. The summed E-state index contributed by atoms with van der Waals surface area (Å²) in [5.41, 5.74) is 3.33. The van der Waals surface area contributed by atoms with Crippen LogP contribution in [0.3, 0.4) is 0 Å². The summed E-state index contributed by atoms with van der Waals surface area (Å²) in [6.07, 6.45) is 0.861. The number of carbonyl (C=O) groups is 2. The van der Waals surface area contributed by atoms with E-state index < -0.39 is 0 Å². The number of rotatable bonds is 4. The van der Waals surface area contributed by atoms with E-state index in [0.717, 1.165) is 27.3 Å². The molecule has 1 aromatic carbocycles. The zero-order valence-electron chi connectivity index (χ0n) is 15.6. The maximum Gasteiger partial charge on any atom is 0.229 e. The van der Waals surface area contributed by atoms with Gasteiger partial charge in [0.2, 0.25) is 11.8 Å². The third-order valence-electron chi connectivity index (χ3n) is 4.69. The number of hydrogen-bond donors (Lipinski definition) is 1. The third kappa shape index (κ3) is 3.96. The average molecular weight is 383 g/mol. The molecular formula is C20H21N3O3S. The molecule has 140 valence electrons. The standard InChI is InChI=1S/C20H21N3O3S/c1-12-8-14(4-5-17(12)26-3)9-19(25)22-20-16(10-21)15-6-7-23(13(2)24)11-18(15)27-20/h4-5,8H,6-7,9,11H2,1-3H3,(H,22,25). The van der Waals surface area contributed by atoms with Gasteiger partial charge in [0.05, 0.1) is 25.6 Å². The van der Waals surface area contributed by atoms with Gasteiger partial charge in [-0.25, -0.2) is 0 Å². The van der Waals surface area contributed by atoms with Gasteiger partial charge in [-0.3, -0.25) is 9.59 Å². The molecule has 0 saturated heterocycles. The molecule has 7 heteroatoms. The van der Waals surface area contributed by atoms with Crippen molar-refractivity contribution in [3.8, 4) is 11.8 Å². The summed E-state index contributed by atoms with van der Waals surface area (Å²) in [6, 6.07) is 7.85. The Labute approximate surface area is 162 Å². The van der Waals surface area contributed by atoms with Crippen molar-refractivity contribution in [3.63, 3.8) is 0 Å². The van der Waals surface area contributed by atoms with Gasteiger partial charge in [-0.2, -0.15) is 5.26 Å². The molecule has 0 spiro atoms. The number of thiophene rings is 1. The Morgan fingerprint density at radius 1 is 1.41 bits per heavy atom. The molecule has 0 fully saturated rings. The van der Waals surface area contributed by atoms with Gasteiger partial charge in [-0.05, 0) is 36.1 Å². The SMILES string of the molecule is COc1ccc(CC(=O)Nc2sc3c(c2C#N)CCN(C(C)=O)C3)cc1C. The number of amides is 2. The van der Waals surface area contributed by atoms with Crippen LogP contribution in [-0.2, 0) is 29.0 Å². The maximum absolute atomic E-state index is 12.5. The molecule has 0 aliphatic carbocycles. The maximum atomic E-state index is 12.5. The lowest BCUT2D eigenvalue weighted by Crippen LogP contribution is -2.33. The van der Waals surface area contributed by atoms with Crippen molar-refractivity contribution in [1.82, 2.24) is 4.90 Å². The summed E-state index contributed by atoms with van der Waals surface area (Å²) in [7, 11) is 1.62. The topological polar surface area (TPSA) is 82.4 Å². The van der Waals surface area contributed by atoms with Crippen LogP contribution in [0.5, 0.6) is 5.75 Å². The molecule has 0 saturated carbocycles. The zero-order chi connectivity index (χ0) is 19.6. The Balaban J connectivity index is 1.76. The fourth-order valence-electron chi connectivity index (χ4n) is 3.29. The first-order valence-corrected chi connectivity index (χ1v) is 9.48. The van der Waals surface area contributed by atoms with Crippen LogP contribution in [0.2, 0.25) is 0 Å². The highest BCUT2D eigenvalue weighted by atomic mass is 32.1. The Morgan fingerprint density at radius 2 is 2.19 bits per heavy atom. The van der Waals surface area contributed by atoms with Crippen molar-refractivity contribution in [2.24, 2.45) is 0 Å². The van der Waals surface area contributed by atoms with Crippen LogP contribution in [-0.4, -0.2) is 30.4 Å². The Bertz CT molecular complexity index is 943. The van der Waals surface area contributed by atoms with Gasteiger partial charge in [-0.15, -0.1) is 11.3 Å². The quantitative estimate of drug-likeness (QED) is 0.880. The molecular weight excluding hydrogens is 362 g/mol. The van der Waals surface area contributed by atoms with Crippen LogP contribution >= 0.6 is 11.3 Å². The van der Waals surface area contributed by atoms with E-state index in [1.165, 1.54) is 11.3 Å². The van der Waals surface area contributed by atoms with Crippen molar-refractivity contribution >= 4 is 28.2 Å². The zero-order valence-corrected chi connectivity index (χ0v) is 16.4. The molecule has 1 N–H and O–H groups in total. The average Bonchev–Trinajstić information content (AvgIpc) is 2.97. The number of aryl methyl sites for hydroxylation is 1. The monoisotopic (exact) mass is 383 g/mol. The van der Waals surface area contributed by atoms with Gasteiger partial charge in [0.15, 0.2) is 0 Å². The third-order valence-corrected chi connectivity index (χ3v) is 5.82. The number of fused-ring (bicyclic) bond motifs is 1. The fraction of sp³-hybridized carbons (Fsp3) is 0.350. The number of methoxy groups -OCH3 is 1. The van der Waals surface area contributed by atoms with Gasteiger partial charge >= 0.3 is 0 Å². The van der Waals surface area contributed by atoms with Crippen LogP contribution < -0.4 is 10.1 Å². The molecule has 0 bridgehead atoms. The molecule has 0 radical (unpaired) electrons. The molecule has 6 nitrogen and oxygen atoms in total. The summed E-state index contributed by atoms with van der Waals surface area (Å²) in [5.74, 6) is 0.637. The molecule has 27 heavy (non-hydrogen) atoms. The van der Waals surface area contributed by atoms with E-state index >= 15 is 0 Å².